The molecule has 0 unspecified atom stereocenters. The van der Waals surface area contributed by atoms with Gasteiger partial charge in [0.25, 0.3) is 4.92 Å². The molecule has 8 nitrogen and oxygen atoms in total. The van der Waals surface area contributed by atoms with E-state index in [1.54, 1.807) is 0 Å². The first-order chi connectivity index (χ1) is 10.7. The van der Waals surface area contributed by atoms with Crippen LogP contribution in [0.5, 0.6) is 0 Å². The van der Waals surface area contributed by atoms with Crippen LogP contribution < -0.4 is 5.32 Å². The van der Waals surface area contributed by atoms with Gasteiger partial charge < -0.3 is 10.2 Å². The monoisotopic (exact) mass is 325 g/mol. The van der Waals surface area contributed by atoms with Crippen molar-refractivity contribution in [1.29, 1.82) is 0 Å². The molecule has 0 spiro atoms. The lowest BCUT2D eigenvalue weighted by atomic mass is 10.0. The van der Waals surface area contributed by atoms with Gasteiger partial charge in [0.15, 0.2) is 0 Å². The molecule has 126 valence electrons. The Labute approximate surface area is 133 Å². The van der Waals surface area contributed by atoms with Crippen LogP contribution in [0.3, 0.4) is 0 Å². The van der Waals surface area contributed by atoms with Crippen molar-refractivity contribution < 1.29 is 29.9 Å². The van der Waals surface area contributed by atoms with Gasteiger partial charge in [0.05, 0.1) is 4.91 Å². The maximum absolute atomic E-state index is 11.4. The molecular formula is C15H21N2O6+. The molecule has 0 saturated heterocycles. The predicted octanol–water partition coefficient (Wildman–Crippen LogP) is 1.57. The van der Waals surface area contributed by atoms with Crippen LogP contribution in [0.15, 0.2) is 24.3 Å². The van der Waals surface area contributed by atoms with E-state index >= 15 is 0 Å². The number of nitrogens with one attached hydrogen (secondary N) is 1. The Balaban J connectivity index is 2.83. The Morgan fingerprint density at radius 1 is 1.09 bits per heavy atom. The van der Waals surface area contributed by atoms with Gasteiger partial charge in [-0.15, -0.1) is 0 Å². The lowest BCUT2D eigenvalue weighted by Crippen LogP contribution is -2.48. The molecule has 23 heavy (non-hydrogen) atoms. The number of hydrogen-bond donors (Lipinski definition) is 4. The molecule has 1 rings (SSSR count). The number of rotatable bonds is 9. The van der Waals surface area contributed by atoms with Crippen LogP contribution in [0, 0.1) is 10.8 Å². The first-order valence-corrected chi connectivity index (χ1v) is 7.17. The summed E-state index contributed by atoms with van der Waals surface area (Å²) >= 11 is 0. The topological polar surface area (TPSA) is 127 Å². The van der Waals surface area contributed by atoms with Gasteiger partial charge in [-0.1, -0.05) is 26.0 Å². The predicted molar refractivity (Wildman–Crippen MR) is 80.7 cm³/mol. The summed E-state index contributed by atoms with van der Waals surface area (Å²) in [4.78, 5) is 33.0. The zero-order valence-electron chi connectivity index (χ0n) is 13.0. The van der Waals surface area contributed by atoms with E-state index in [-0.39, 0.29) is 22.9 Å². The van der Waals surface area contributed by atoms with Gasteiger partial charge in [-0.25, -0.2) is 5.21 Å². The van der Waals surface area contributed by atoms with Gasteiger partial charge in [0.1, 0.15) is 12.1 Å². The fourth-order valence-corrected chi connectivity index (χ4v) is 2.17. The average molecular weight is 325 g/mol. The second kappa shape index (κ2) is 8.23. The largest absolute Gasteiger partial charge is 0.480 e. The van der Waals surface area contributed by atoms with Gasteiger partial charge >= 0.3 is 17.6 Å². The number of carboxylic acids is 2. The minimum Gasteiger partial charge on any atom is -0.480 e. The van der Waals surface area contributed by atoms with Gasteiger partial charge in [0, 0.05) is 12.1 Å². The van der Waals surface area contributed by atoms with Crippen LogP contribution in [0.1, 0.15) is 25.8 Å². The molecular weight excluding hydrogens is 304 g/mol. The molecule has 0 aliphatic heterocycles. The smallest absolute Gasteiger partial charge is 0.321 e. The molecule has 0 heterocycles. The molecule has 0 radical (unpaired) electrons. The van der Waals surface area contributed by atoms with Crippen molar-refractivity contribution in [2.24, 2.45) is 5.92 Å². The first kappa shape index (κ1) is 18.6. The minimum atomic E-state index is -1.16. The number of nitrogens with zero attached hydrogens (tertiary/aromatic N) is 1. The van der Waals surface area contributed by atoms with Crippen molar-refractivity contribution in [2.75, 3.05) is 0 Å². The highest BCUT2D eigenvalue weighted by Crippen LogP contribution is 2.14. The summed E-state index contributed by atoms with van der Waals surface area (Å²) in [7, 11) is 0. The highest BCUT2D eigenvalue weighted by Gasteiger charge is 2.27. The summed E-state index contributed by atoms with van der Waals surface area (Å²) in [6.45, 7) is 3.71. The molecule has 2 atom stereocenters. The molecule has 0 amide bonds. The highest BCUT2D eigenvalue weighted by atomic mass is 16.6. The number of benzene rings is 1. The van der Waals surface area contributed by atoms with Crippen molar-refractivity contribution in [1.82, 2.24) is 5.32 Å². The van der Waals surface area contributed by atoms with Gasteiger partial charge in [-0.3, -0.25) is 14.9 Å². The third-order valence-corrected chi connectivity index (χ3v) is 3.30. The quantitative estimate of drug-likeness (QED) is 0.507. The van der Waals surface area contributed by atoms with Crippen LogP contribution in [0.2, 0.25) is 0 Å². The van der Waals surface area contributed by atoms with Crippen LogP contribution in [-0.2, 0) is 16.0 Å². The summed E-state index contributed by atoms with van der Waals surface area (Å²) in [5.74, 6) is -2.15. The maximum atomic E-state index is 11.4. The fraction of sp³-hybridized carbons (Fsp3) is 0.467. The van der Waals surface area contributed by atoms with Crippen molar-refractivity contribution in [3.8, 4) is 0 Å². The molecule has 0 bridgehead atoms. The average Bonchev–Trinajstić information content (AvgIpc) is 2.45. The van der Waals surface area contributed by atoms with Crippen LogP contribution in [-0.4, -0.2) is 44.4 Å². The van der Waals surface area contributed by atoms with E-state index in [0.29, 0.717) is 12.0 Å². The summed E-state index contributed by atoms with van der Waals surface area (Å²) in [5, 5.41) is 29.9. The van der Waals surface area contributed by atoms with Gasteiger partial charge in [-0.05, 0) is 24.3 Å². The molecule has 1 aromatic rings. The summed E-state index contributed by atoms with van der Waals surface area (Å²) in [6, 6.07) is 3.69. The van der Waals surface area contributed by atoms with E-state index < -0.39 is 24.0 Å². The van der Waals surface area contributed by atoms with Gasteiger partial charge in [-0.2, -0.15) is 0 Å². The minimum absolute atomic E-state index is 0.0248. The van der Waals surface area contributed by atoms with Crippen LogP contribution in [0.25, 0.3) is 0 Å². The maximum Gasteiger partial charge on any atom is 0.321 e. The summed E-state index contributed by atoms with van der Waals surface area (Å²) in [5.41, 5.74) is 0.626. The Kier molecular flexibility index (Phi) is 6.65. The van der Waals surface area contributed by atoms with E-state index in [0.717, 1.165) is 0 Å². The Bertz CT molecular complexity index is 570. The number of carboxylic acid groups (broad SMARTS) is 2. The number of hydrogen-bond acceptors (Lipinski definition) is 4. The third-order valence-electron chi connectivity index (χ3n) is 3.30. The summed E-state index contributed by atoms with van der Waals surface area (Å²) in [6.07, 6.45) is 0.371. The molecule has 1 aromatic carbocycles. The lowest BCUT2D eigenvalue weighted by Gasteiger charge is -2.21. The highest BCUT2D eigenvalue weighted by molar-refractivity contribution is 5.77. The SMILES string of the molecule is CC(C)C[C@H](N[C@@H](Cc1ccc([N+](=O)O)cc1)C(=O)O)C(=O)O. The van der Waals surface area contributed by atoms with Crippen LogP contribution >= 0.6 is 0 Å². The summed E-state index contributed by atoms with van der Waals surface area (Å²) < 4.78 is 0. The third kappa shape index (κ3) is 6.03. The second-order valence-electron chi connectivity index (χ2n) is 5.72. The van der Waals surface area contributed by atoms with Gasteiger partial charge in [0.2, 0.25) is 0 Å². The van der Waals surface area contributed by atoms with E-state index in [4.69, 9.17) is 5.21 Å². The van der Waals surface area contributed by atoms with E-state index in [1.807, 2.05) is 13.8 Å². The molecule has 8 heteroatoms. The van der Waals surface area contributed by atoms with E-state index in [2.05, 4.69) is 5.32 Å². The molecule has 0 aliphatic rings. The molecule has 4 N–H and O–H groups in total. The van der Waals surface area contributed by atoms with Crippen molar-refractivity contribution in [2.45, 2.75) is 38.8 Å². The van der Waals surface area contributed by atoms with Crippen molar-refractivity contribution in [3.63, 3.8) is 0 Å². The van der Waals surface area contributed by atoms with Crippen molar-refractivity contribution >= 4 is 17.6 Å². The first-order valence-electron chi connectivity index (χ1n) is 7.17. The molecule has 0 saturated carbocycles. The lowest BCUT2D eigenvalue weighted by molar-refractivity contribution is -0.729. The zero-order chi connectivity index (χ0) is 17.6. The van der Waals surface area contributed by atoms with E-state index in [1.165, 1.54) is 24.3 Å². The van der Waals surface area contributed by atoms with Crippen LogP contribution in [0.4, 0.5) is 5.69 Å². The Hall–Kier alpha value is -2.48. The molecule has 0 fully saturated rings. The second-order valence-corrected chi connectivity index (χ2v) is 5.72. The number of carbonyl (C=O) groups is 2. The fourth-order valence-electron chi connectivity index (χ4n) is 2.17. The Morgan fingerprint density at radius 2 is 1.61 bits per heavy atom. The standard InChI is InChI=1S/C15H20N2O6/c1-9(2)7-12(14(18)19)16-13(15(20)21)8-10-3-5-11(6-4-10)17(22)23/h3-6,9,12-13,16H,7-8H2,1-2H3,(H2-,18,19,20,21,22,23)/p+1/t12-,13-/m0/s1. The number of aliphatic carboxylic acids is 2. The molecule has 0 aromatic heterocycles. The Morgan fingerprint density at radius 3 is 2.00 bits per heavy atom. The molecule has 0 aliphatic carbocycles. The zero-order valence-corrected chi connectivity index (χ0v) is 13.0. The van der Waals surface area contributed by atoms with Crippen molar-refractivity contribution in [3.05, 3.63) is 34.7 Å². The van der Waals surface area contributed by atoms with E-state index in [9.17, 15) is 24.7 Å². The normalized spacial score (nSPS) is 13.5.